The maximum atomic E-state index is 11.9. The van der Waals surface area contributed by atoms with Gasteiger partial charge in [0, 0.05) is 33.2 Å². The molecule has 0 aromatic rings. The van der Waals surface area contributed by atoms with Crippen LogP contribution < -0.4 is 5.32 Å². The highest BCUT2D eigenvalue weighted by atomic mass is 32.2. The van der Waals surface area contributed by atoms with Crippen LogP contribution in [0.3, 0.4) is 0 Å². The van der Waals surface area contributed by atoms with E-state index in [1.54, 1.807) is 4.90 Å². The molecule has 1 spiro atoms. The minimum Gasteiger partial charge on any atom is -0.331 e. The lowest BCUT2D eigenvalue weighted by molar-refractivity contribution is 0.144. The lowest BCUT2D eigenvalue weighted by Crippen LogP contribution is -2.57. The Hall–Kier alpha value is -0.420. The maximum Gasteiger partial charge on any atom is 0.319 e. The summed E-state index contributed by atoms with van der Waals surface area (Å²) >= 11 is 2.05. The second kappa shape index (κ2) is 5.06. The van der Waals surface area contributed by atoms with Crippen molar-refractivity contribution in [3.05, 3.63) is 0 Å². The van der Waals surface area contributed by atoms with Crippen molar-refractivity contribution in [2.24, 2.45) is 0 Å². The predicted octanol–water partition coefficient (Wildman–Crippen LogP) is 1.58. The van der Waals surface area contributed by atoms with Gasteiger partial charge in [0.1, 0.15) is 0 Å². The van der Waals surface area contributed by atoms with Gasteiger partial charge in [-0.05, 0) is 31.9 Å². The smallest absolute Gasteiger partial charge is 0.319 e. The molecule has 0 radical (unpaired) electrons. The molecule has 2 saturated heterocycles. The molecule has 0 saturated carbocycles. The Labute approximate surface area is 108 Å². The van der Waals surface area contributed by atoms with Crippen molar-refractivity contribution in [3.8, 4) is 0 Å². The molecule has 1 unspecified atom stereocenters. The Morgan fingerprint density at radius 1 is 1.41 bits per heavy atom. The largest absolute Gasteiger partial charge is 0.331 e. The summed E-state index contributed by atoms with van der Waals surface area (Å²) in [6.07, 6.45) is 3.40. The summed E-state index contributed by atoms with van der Waals surface area (Å²) in [4.78, 5) is 15.7. The van der Waals surface area contributed by atoms with Crippen LogP contribution >= 0.6 is 11.8 Å². The Balaban J connectivity index is 1.91. The van der Waals surface area contributed by atoms with Crippen molar-refractivity contribution < 1.29 is 4.79 Å². The summed E-state index contributed by atoms with van der Waals surface area (Å²) in [5, 5.41) is 3.73. The van der Waals surface area contributed by atoms with Crippen molar-refractivity contribution in [1.29, 1.82) is 0 Å². The molecule has 0 bridgehead atoms. The zero-order valence-electron chi connectivity index (χ0n) is 11.0. The summed E-state index contributed by atoms with van der Waals surface area (Å²) in [5.74, 6) is 1.25. The quantitative estimate of drug-likeness (QED) is 0.715. The van der Waals surface area contributed by atoms with Gasteiger partial charge in [-0.2, -0.15) is 0 Å². The van der Waals surface area contributed by atoms with Crippen LogP contribution in [0.1, 0.15) is 26.2 Å². The van der Waals surface area contributed by atoms with Gasteiger partial charge >= 0.3 is 6.03 Å². The molecule has 2 aliphatic rings. The van der Waals surface area contributed by atoms with E-state index in [0.717, 1.165) is 25.9 Å². The molecule has 1 N–H and O–H groups in total. The van der Waals surface area contributed by atoms with E-state index in [1.165, 1.54) is 12.2 Å². The molecule has 4 nitrogen and oxygen atoms in total. The second-order valence-corrected chi connectivity index (χ2v) is 6.82. The van der Waals surface area contributed by atoms with E-state index in [-0.39, 0.29) is 10.9 Å². The summed E-state index contributed by atoms with van der Waals surface area (Å²) in [6.45, 7) is 4.02. The Bertz CT molecular complexity index is 287. The Morgan fingerprint density at radius 2 is 2.06 bits per heavy atom. The summed E-state index contributed by atoms with van der Waals surface area (Å²) in [5.41, 5.74) is 0. The number of amides is 2. The lowest BCUT2D eigenvalue weighted by atomic mass is 10.0. The van der Waals surface area contributed by atoms with Crippen molar-refractivity contribution >= 4 is 17.8 Å². The molecule has 17 heavy (non-hydrogen) atoms. The predicted molar refractivity (Wildman–Crippen MR) is 72.3 cm³/mol. The number of likely N-dealkylation sites (tertiary alicyclic amines) is 1. The first-order valence-electron chi connectivity index (χ1n) is 6.40. The zero-order chi connectivity index (χ0) is 12.5. The molecular weight excluding hydrogens is 234 g/mol. The van der Waals surface area contributed by atoms with Crippen molar-refractivity contribution in [2.75, 3.05) is 32.9 Å². The minimum absolute atomic E-state index is 0.147. The number of carbonyl (C=O) groups excluding carboxylic acids is 1. The van der Waals surface area contributed by atoms with Crippen LogP contribution in [0.15, 0.2) is 0 Å². The first-order valence-corrected chi connectivity index (χ1v) is 7.39. The monoisotopic (exact) mass is 257 g/mol. The van der Waals surface area contributed by atoms with Crippen LogP contribution in [-0.4, -0.2) is 59.7 Å². The molecule has 2 amide bonds. The molecule has 0 aromatic carbocycles. The van der Waals surface area contributed by atoms with E-state index < -0.39 is 0 Å². The molecule has 2 rings (SSSR count). The number of rotatable bonds is 0. The highest BCUT2D eigenvalue weighted by Crippen LogP contribution is 2.37. The van der Waals surface area contributed by atoms with E-state index in [9.17, 15) is 4.79 Å². The molecule has 2 fully saturated rings. The fraction of sp³-hybridized carbons (Fsp3) is 0.917. The third kappa shape index (κ3) is 2.88. The highest BCUT2D eigenvalue weighted by Gasteiger charge is 2.39. The number of hydrogen-bond donors (Lipinski definition) is 1. The Kier molecular flexibility index (Phi) is 3.88. The molecule has 0 aromatic heterocycles. The van der Waals surface area contributed by atoms with Gasteiger partial charge in [0.25, 0.3) is 0 Å². The van der Waals surface area contributed by atoms with Crippen LogP contribution in [0.4, 0.5) is 4.79 Å². The van der Waals surface area contributed by atoms with Gasteiger partial charge in [-0.15, -0.1) is 11.8 Å². The highest BCUT2D eigenvalue weighted by molar-refractivity contribution is 8.00. The lowest BCUT2D eigenvalue weighted by Gasteiger charge is -2.46. The molecular formula is C12H23N3OS. The zero-order valence-corrected chi connectivity index (χ0v) is 11.8. The SMILES string of the molecule is CC1CCSC2(CCN(C(=O)N(C)C)CC2)N1. The van der Waals surface area contributed by atoms with E-state index in [1.807, 2.05) is 30.8 Å². The molecule has 2 aliphatic heterocycles. The van der Waals surface area contributed by atoms with E-state index >= 15 is 0 Å². The third-order valence-electron chi connectivity index (χ3n) is 3.66. The van der Waals surface area contributed by atoms with Gasteiger partial charge in [0.15, 0.2) is 0 Å². The van der Waals surface area contributed by atoms with Gasteiger partial charge in [-0.25, -0.2) is 4.79 Å². The van der Waals surface area contributed by atoms with Gasteiger partial charge in [-0.3, -0.25) is 0 Å². The first kappa shape index (κ1) is 13.0. The average molecular weight is 257 g/mol. The topological polar surface area (TPSA) is 35.6 Å². The van der Waals surface area contributed by atoms with Crippen molar-refractivity contribution in [3.63, 3.8) is 0 Å². The van der Waals surface area contributed by atoms with Crippen molar-refractivity contribution in [2.45, 2.75) is 37.1 Å². The molecule has 0 aliphatic carbocycles. The first-order chi connectivity index (χ1) is 8.02. The average Bonchev–Trinajstić information content (AvgIpc) is 2.29. The third-order valence-corrected chi connectivity index (χ3v) is 5.18. The number of piperidine rings is 1. The van der Waals surface area contributed by atoms with E-state index in [4.69, 9.17) is 0 Å². The fourth-order valence-corrected chi connectivity index (χ4v) is 4.24. The number of hydrogen-bond acceptors (Lipinski definition) is 3. The Morgan fingerprint density at radius 3 is 2.59 bits per heavy atom. The van der Waals surface area contributed by atoms with E-state index in [2.05, 4.69) is 12.2 Å². The van der Waals surface area contributed by atoms with E-state index in [0.29, 0.717) is 6.04 Å². The molecule has 5 heteroatoms. The van der Waals surface area contributed by atoms with Gasteiger partial charge in [0.2, 0.25) is 0 Å². The van der Waals surface area contributed by atoms with Crippen LogP contribution in [0.25, 0.3) is 0 Å². The second-order valence-electron chi connectivity index (χ2n) is 5.34. The molecule has 2 heterocycles. The van der Waals surface area contributed by atoms with Crippen LogP contribution in [0, 0.1) is 0 Å². The number of nitrogens with zero attached hydrogens (tertiary/aromatic N) is 2. The van der Waals surface area contributed by atoms with Gasteiger partial charge in [0.05, 0.1) is 4.87 Å². The molecule has 1 atom stereocenters. The summed E-state index contributed by atoms with van der Waals surface area (Å²) in [6, 6.07) is 0.765. The van der Waals surface area contributed by atoms with Crippen LogP contribution in [0.2, 0.25) is 0 Å². The summed E-state index contributed by atoms with van der Waals surface area (Å²) in [7, 11) is 3.64. The summed E-state index contributed by atoms with van der Waals surface area (Å²) < 4.78 is 0. The molecule has 98 valence electrons. The fourth-order valence-electron chi connectivity index (χ4n) is 2.62. The number of carbonyl (C=O) groups is 1. The van der Waals surface area contributed by atoms with Gasteiger partial charge < -0.3 is 15.1 Å². The maximum absolute atomic E-state index is 11.9. The standard InChI is InChI=1S/C12H23N3OS/c1-10-4-9-17-12(13-10)5-7-15(8-6-12)11(16)14(2)3/h10,13H,4-9H2,1-3H3. The number of thioether (sulfide) groups is 1. The normalized spacial score (nSPS) is 28.2. The van der Waals surface area contributed by atoms with Gasteiger partial charge in [-0.1, -0.05) is 0 Å². The van der Waals surface area contributed by atoms with Crippen LogP contribution in [-0.2, 0) is 0 Å². The number of nitrogens with one attached hydrogen (secondary N) is 1. The number of urea groups is 1. The van der Waals surface area contributed by atoms with Crippen LogP contribution in [0.5, 0.6) is 0 Å². The minimum atomic E-state index is 0.147. The van der Waals surface area contributed by atoms with Crippen molar-refractivity contribution in [1.82, 2.24) is 15.1 Å².